The van der Waals surface area contributed by atoms with Gasteiger partial charge in [0.2, 0.25) is 0 Å². The molecule has 0 bridgehead atoms. The number of benzene rings is 1. The maximum atomic E-state index is 12.9. The number of fused-ring (bicyclic) bond motifs is 2. The molecule has 0 atom stereocenters. The Hall–Kier alpha value is -3.59. The monoisotopic (exact) mass is 426 g/mol. The first-order valence-electron chi connectivity index (χ1n) is 8.90. The first kappa shape index (κ1) is 18.4. The molecule has 5 rings (SSSR count). The van der Waals surface area contributed by atoms with Crippen molar-refractivity contribution in [3.63, 3.8) is 0 Å². The minimum atomic E-state index is -2.98. The smallest absolute Gasteiger partial charge is 0.387 e. The van der Waals surface area contributed by atoms with Gasteiger partial charge < -0.3 is 4.74 Å². The third-order valence-electron chi connectivity index (χ3n) is 4.67. The molecule has 0 radical (unpaired) electrons. The van der Waals surface area contributed by atoms with Crippen LogP contribution in [0, 0.1) is 6.92 Å². The molecule has 30 heavy (non-hydrogen) atoms. The van der Waals surface area contributed by atoms with Crippen LogP contribution in [0.5, 0.6) is 5.75 Å². The van der Waals surface area contributed by atoms with Gasteiger partial charge in [-0.15, -0.1) is 0 Å². The molecule has 0 spiro atoms. The summed E-state index contributed by atoms with van der Waals surface area (Å²) in [6.07, 6.45) is 6.83. The molecule has 10 heteroatoms. The molecule has 0 aliphatic rings. The van der Waals surface area contributed by atoms with Crippen LogP contribution in [-0.2, 0) is 0 Å². The second-order valence-corrected chi connectivity index (χ2v) is 6.96. The van der Waals surface area contributed by atoms with E-state index >= 15 is 0 Å². The van der Waals surface area contributed by atoms with Crippen LogP contribution in [0.2, 0.25) is 5.02 Å². The fraction of sp³-hybridized carbons (Fsp3) is 0.100. The van der Waals surface area contributed by atoms with Crippen molar-refractivity contribution in [3.05, 3.63) is 65.8 Å². The Kier molecular flexibility index (Phi) is 4.32. The second kappa shape index (κ2) is 7.03. The van der Waals surface area contributed by atoms with Crippen LogP contribution < -0.4 is 4.74 Å². The number of hydrogen-bond donors (Lipinski definition) is 0. The highest BCUT2D eigenvalue weighted by Crippen LogP contribution is 2.33. The van der Waals surface area contributed by atoms with E-state index in [0.29, 0.717) is 33.3 Å². The number of nitrogens with zero attached hydrogens (tertiary/aromatic N) is 6. The van der Waals surface area contributed by atoms with Crippen molar-refractivity contribution in [2.75, 3.05) is 0 Å². The highest BCUT2D eigenvalue weighted by Gasteiger charge is 2.18. The summed E-state index contributed by atoms with van der Waals surface area (Å²) in [6, 6.07) is 8.00. The summed E-state index contributed by atoms with van der Waals surface area (Å²) in [4.78, 5) is 8.89. The van der Waals surface area contributed by atoms with Crippen LogP contribution in [0.3, 0.4) is 0 Å². The Morgan fingerprint density at radius 2 is 2.00 bits per heavy atom. The zero-order valence-corrected chi connectivity index (χ0v) is 16.3. The predicted molar refractivity (Wildman–Crippen MR) is 107 cm³/mol. The zero-order valence-electron chi connectivity index (χ0n) is 15.5. The van der Waals surface area contributed by atoms with Crippen molar-refractivity contribution in [2.24, 2.45) is 0 Å². The van der Waals surface area contributed by atoms with Gasteiger partial charge in [-0.3, -0.25) is 4.98 Å². The average Bonchev–Trinajstić information content (AvgIpc) is 3.30. The largest absolute Gasteiger partial charge is 0.433 e. The Labute approximate surface area is 173 Å². The number of hydrogen-bond acceptors (Lipinski definition) is 5. The van der Waals surface area contributed by atoms with Gasteiger partial charge in [0.05, 0.1) is 28.7 Å². The van der Waals surface area contributed by atoms with Gasteiger partial charge in [-0.25, -0.2) is 14.2 Å². The lowest BCUT2D eigenvalue weighted by Crippen LogP contribution is -2.07. The Morgan fingerprint density at radius 3 is 2.83 bits per heavy atom. The molecule has 0 amide bonds. The second-order valence-electron chi connectivity index (χ2n) is 6.52. The lowest BCUT2D eigenvalue weighted by molar-refractivity contribution is -0.0498. The number of rotatable bonds is 4. The van der Waals surface area contributed by atoms with Crippen LogP contribution in [0.15, 0.2) is 55.1 Å². The van der Waals surface area contributed by atoms with Crippen LogP contribution in [0.4, 0.5) is 8.78 Å². The molecular weight excluding hydrogens is 414 g/mol. The zero-order chi connectivity index (χ0) is 20.8. The number of aromatic nitrogens is 6. The van der Waals surface area contributed by atoms with E-state index < -0.39 is 6.61 Å². The van der Waals surface area contributed by atoms with E-state index in [1.165, 1.54) is 22.9 Å². The Balaban J connectivity index is 1.73. The predicted octanol–water partition coefficient (Wildman–Crippen LogP) is 4.69. The molecule has 5 aromatic rings. The molecule has 0 fully saturated rings. The molecule has 0 N–H and O–H groups in total. The molecule has 0 saturated heterocycles. The number of alkyl halides is 2. The molecule has 0 saturated carbocycles. The van der Waals surface area contributed by atoms with Gasteiger partial charge in [0, 0.05) is 29.0 Å². The van der Waals surface area contributed by atoms with Crippen LogP contribution in [-0.4, -0.2) is 36.0 Å². The summed E-state index contributed by atoms with van der Waals surface area (Å²) in [5, 5.41) is 9.94. The normalized spacial score (nSPS) is 11.6. The van der Waals surface area contributed by atoms with Crippen molar-refractivity contribution in [1.82, 2.24) is 29.4 Å². The van der Waals surface area contributed by atoms with Crippen molar-refractivity contribution < 1.29 is 13.5 Å². The molecule has 0 aliphatic carbocycles. The van der Waals surface area contributed by atoms with E-state index in [0.717, 1.165) is 10.9 Å². The van der Waals surface area contributed by atoms with E-state index in [2.05, 4.69) is 24.9 Å². The summed E-state index contributed by atoms with van der Waals surface area (Å²) in [6.45, 7) is -1.16. The van der Waals surface area contributed by atoms with Gasteiger partial charge in [-0.05, 0) is 37.3 Å². The lowest BCUT2D eigenvalue weighted by atomic mass is 10.1. The molecule has 0 unspecified atom stereocenters. The topological polar surface area (TPSA) is 70.1 Å². The lowest BCUT2D eigenvalue weighted by Gasteiger charge is -2.12. The van der Waals surface area contributed by atoms with E-state index in [1.807, 2.05) is 13.0 Å². The Bertz CT molecular complexity index is 1400. The quantitative estimate of drug-likeness (QED) is 0.417. The van der Waals surface area contributed by atoms with Gasteiger partial charge >= 0.3 is 6.61 Å². The summed E-state index contributed by atoms with van der Waals surface area (Å²) < 4.78 is 33.7. The minimum Gasteiger partial charge on any atom is -0.433 e. The molecular formula is C20H13ClF2N6O. The van der Waals surface area contributed by atoms with E-state index in [-0.39, 0.29) is 5.75 Å². The number of halogens is 3. The van der Waals surface area contributed by atoms with Crippen molar-refractivity contribution >= 4 is 28.2 Å². The van der Waals surface area contributed by atoms with Crippen molar-refractivity contribution in [2.45, 2.75) is 13.5 Å². The fourth-order valence-electron chi connectivity index (χ4n) is 3.35. The van der Waals surface area contributed by atoms with Crippen molar-refractivity contribution in [3.8, 4) is 22.7 Å². The molecule has 7 nitrogen and oxygen atoms in total. The van der Waals surface area contributed by atoms with Crippen molar-refractivity contribution in [1.29, 1.82) is 0 Å². The SMILES string of the molecule is Cc1nn(-c2cc(Cl)ccc2OC(F)F)c2cc(-c3cnn4cccnc34)ncc12. The van der Waals surface area contributed by atoms with E-state index in [1.54, 1.807) is 35.4 Å². The number of aryl methyl sites for hydroxylation is 1. The third-order valence-corrected chi connectivity index (χ3v) is 4.91. The van der Waals surface area contributed by atoms with Crippen LogP contribution in [0.25, 0.3) is 33.5 Å². The maximum Gasteiger partial charge on any atom is 0.387 e. The fourth-order valence-corrected chi connectivity index (χ4v) is 3.51. The van der Waals surface area contributed by atoms with Gasteiger partial charge in [-0.2, -0.15) is 19.0 Å². The highest BCUT2D eigenvalue weighted by atomic mass is 35.5. The minimum absolute atomic E-state index is 0.0326. The maximum absolute atomic E-state index is 12.9. The van der Waals surface area contributed by atoms with Crippen LogP contribution in [0.1, 0.15) is 5.69 Å². The summed E-state index contributed by atoms with van der Waals surface area (Å²) in [5.74, 6) is -0.0326. The van der Waals surface area contributed by atoms with Gasteiger partial charge in [0.1, 0.15) is 5.69 Å². The van der Waals surface area contributed by atoms with Gasteiger partial charge in [0.25, 0.3) is 0 Å². The summed E-state index contributed by atoms with van der Waals surface area (Å²) >= 11 is 6.12. The average molecular weight is 427 g/mol. The van der Waals surface area contributed by atoms with Gasteiger partial charge in [-0.1, -0.05) is 11.6 Å². The van der Waals surface area contributed by atoms with E-state index in [9.17, 15) is 8.78 Å². The molecule has 4 heterocycles. The number of pyridine rings is 1. The van der Waals surface area contributed by atoms with E-state index in [4.69, 9.17) is 11.6 Å². The first-order chi connectivity index (χ1) is 14.5. The summed E-state index contributed by atoms with van der Waals surface area (Å²) in [7, 11) is 0. The Morgan fingerprint density at radius 1 is 1.13 bits per heavy atom. The molecule has 1 aromatic carbocycles. The summed E-state index contributed by atoms with van der Waals surface area (Å²) in [5.41, 5.74) is 3.65. The highest BCUT2D eigenvalue weighted by molar-refractivity contribution is 6.30. The first-order valence-corrected chi connectivity index (χ1v) is 9.28. The number of ether oxygens (including phenoxy) is 1. The standard InChI is InChI=1S/C20H13ClF2N6O/c1-11-13-9-25-15(14-10-26-28-6-2-5-24-19(14)28)8-16(13)29(27-11)17-7-12(21)3-4-18(17)30-20(22)23/h2-10,20H,1H3. The van der Waals surface area contributed by atoms with Gasteiger partial charge in [0.15, 0.2) is 11.4 Å². The third kappa shape index (κ3) is 3.03. The molecule has 150 valence electrons. The van der Waals surface area contributed by atoms with Crippen LogP contribution >= 0.6 is 11.6 Å². The molecule has 0 aliphatic heterocycles. The molecule has 4 aromatic heterocycles.